The lowest BCUT2D eigenvalue weighted by Crippen LogP contribution is -2.41. The minimum absolute atomic E-state index is 0.0415. The molecule has 168 valence electrons. The van der Waals surface area contributed by atoms with Crippen molar-refractivity contribution in [3.05, 3.63) is 95.6 Å². The number of amides is 1. The molecular formula is C25H28N2O4S. The summed E-state index contributed by atoms with van der Waals surface area (Å²) >= 11 is 0. The van der Waals surface area contributed by atoms with Gasteiger partial charge in [-0.2, -0.15) is 4.31 Å². The molecule has 0 spiro atoms. The number of carbonyl (C=O) groups is 1. The zero-order valence-electron chi connectivity index (χ0n) is 18.5. The number of sulfonamides is 1. The zero-order valence-corrected chi connectivity index (χ0v) is 19.3. The van der Waals surface area contributed by atoms with Gasteiger partial charge in [-0.15, -0.1) is 0 Å². The van der Waals surface area contributed by atoms with Crippen LogP contribution in [0.5, 0.6) is 5.75 Å². The van der Waals surface area contributed by atoms with Gasteiger partial charge in [-0.1, -0.05) is 66.7 Å². The maximum atomic E-state index is 13.6. The SMILES string of the molecule is COc1ccc(C)cc1S(=O)(=O)N(CC(=O)N[C@@H](C)c1ccccc1)Cc1ccccc1. The summed E-state index contributed by atoms with van der Waals surface area (Å²) in [6, 6.07) is 23.5. The lowest BCUT2D eigenvalue weighted by molar-refractivity contribution is -0.122. The summed E-state index contributed by atoms with van der Waals surface area (Å²) < 4.78 is 33.7. The van der Waals surface area contributed by atoms with Crippen molar-refractivity contribution in [2.75, 3.05) is 13.7 Å². The van der Waals surface area contributed by atoms with Crippen molar-refractivity contribution >= 4 is 15.9 Å². The second kappa shape index (κ2) is 10.4. The molecule has 0 aliphatic carbocycles. The summed E-state index contributed by atoms with van der Waals surface area (Å²) in [7, 11) is -2.58. The molecule has 0 aromatic heterocycles. The first kappa shape index (κ1) is 23.5. The van der Waals surface area contributed by atoms with E-state index >= 15 is 0 Å². The van der Waals surface area contributed by atoms with Gasteiger partial charge in [0.2, 0.25) is 15.9 Å². The number of rotatable bonds is 9. The molecule has 0 saturated heterocycles. The van der Waals surface area contributed by atoms with Crippen LogP contribution in [-0.2, 0) is 21.4 Å². The third kappa shape index (κ3) is 5.75. The molecule has 3 aromatic carbocycles. The molecule has 1 atom stereocenters. The number of aryl methyl sites for hydroxylation is 1. The Morgan fingerprint density at radius 2 is 1.62 bits per heavy atom. The summed E-state index contributed by atoms with van der Waals surface area (Å²) in [5.41, 5.74) is 2.51. The summed E-state index contributed by atoms with van der Waals surface area (Å²) in [5, 5.41) is 2.90. The van der Waals surface area contributed by atoms with Crippen LogP contribution in [0, 0.1) is 6.92 Å². The largest absolute Gasteiger partial charge is 0.495 e. The van der Waals surface area contributed by atoms with Crippen molar-refractivity contribution in [1.82, 2.24) is 9.62 Å². The lowest BCUT2D eigenvalue weighted by atomic mass is 10.1. The Morgan fingerprint density at radius 3 is 2.25 bits per heavy atom. The first-order valence-corrected chi connectivity index (χ1v) is 11.8. The van der Waals surface area contributed by atoms with E-state index in [1.54, 1.807) is 18.2 Å². The summed E-state index contributed by atoms with van der Waals surface area (Å²) in [4.78, 5) is 12.9. The van der Waals surface area contributed by atoms with E-state index in [-0.39, 0.29) is 35.7 Å². The number of benzene rings is 3. The zero-order chi connectivity index (χ0) is 23.1. The first-order valence-electron chi connectivity index (χ1n) is 10.3. The van der Waals surface area contributed by atoms with Gasteiger partial charge in [0.1, 0.15) is 10.6 Å². The monoisotopic (exact) mass is 452 g/mol. The van der Waals surface area contributed by atoms with Crippen LogP contribution in [0.3, 0.4) is 0 Å². The number of methoxy groups -OCH3 is 1. The third-order valence-corrected chi connectivity index (χ3v) is 6.95. The van der Waals surface area contributed by atoms with Gasteiger partial charge >= 0.3 is 0 Å². The molecular weight excluding hydrogens is 424 g/mol. The van der Waals surface area contributed by atoms with Crippen LogP contribution in [-0.4, -0.2) is 32.3 Å². The highest BCUT2D eigenvalue weighted by Gasteiger charge is 2.30. The molecule has 0 fully saturated rings. The van der Waals surface area contributed by atoms with Crippen LogP contribution >= 0.6 is 0 Å². The topological polar surface area (TPSA) is 75.7 Å². The van der Waals surface area contributed by atoms with E-state index in [4.69, 9.17) is 4.74 Å². The van der Waals surface area contributed by atoms with Gasteiger partial charge in [-0.05, 0) is 42.7 Å². The third-order valence-electron chi connectivity index (χ3n) is 5.14. The van der Waals surface area contributed by atoms with E-state index in [1.165, 1.54) is 11.4 Å². The number of hydrogen-bond acceptors (Lipinski definition) is 4. The van der Waals surface area contributed by atoms with Gasteiger partial charge in [0.15, 0.2) is 0 Å². The maximum Gasteiger partial charge on any atom is 0.247 e. The van der Waals surface area contributed by atoms with Crippen LogP contribution in [0.15, 0.2) is 83.8 Å². The highest BCUT2D eigenvalue weighted by molar-refractivity contribution is 7.89. The fourth-order valence-corrected chi connectivity index (χ4v) is 5.03. The van der Waals surface area contributed by atoms with E-state index in [9.17, 15) is 13.2 Å². The summed E-state index contributed by atoms with van der Waals surface area (Å²) in [6.45, 7) is 3.43. The van der Waals surface area contributed by atoms with Crippen molar-refractivity contribution < 1.29 is 17.9 Å². The first-order chi connectivity index (χ1) is 15.3. The number of carbonyl (C=O) groups excluding carboxylic acids is 1. The van der Waals surface area contributed by atoms with Crippen molar-refractivity contribution in [3.63, 3.8) is 0 Å². The average molecular weight is 453 g/mol. The van der Waals surface area contributed by atoms with E-state index in [0.29, 0.717) is 0 Å². The van der Waals surface area contributed by atoms with Gasteiger partial charge in [-0.3, -0.25) is 4.79 Å². The Bertz CT molecular complexity index is 1150. The smallest absolute Gasteiger partial charge is 0.247 e. The Hall–Kier alpha value is -3.16. The molecule has 3 rings (SSSR count). The van der Waals surface area contributed by atoms with Crippen molar-refractivity contribution in [2.24, 2.45) is 0 Å². The van der Waals surface area contributed by atoms with Crippen molar-refractivity contribution in [3.8, 4) is 5.75 Å². The molecule has 7 heteroatoms. The molecule has 0 bridgehead atoms. The molecule has 0 radical (unpaired) electrons. The van der Waals surface area contributed by atoms with Gasteiger partial charge in [0.25, 0.3) is 0 Å². The summed E-state index contributed by atoms with van der Waals surface area (Å²) in [5.74, 6) is -0.140. The number of nitrogens with one attached hydrogen (secondary N) is 1. The lowest BCUT2D eigenvalue weighted by Gasteiger charge is -2.24. The maximum absolute atomic E-state index is 13.6. The Labute approximate surface area is 189 Å². The van der Waals surface area contributed by atoms with Crippen LogP contribution < -0.4 is 10.1 Å². The van der Waals surface area contributed by atoms with Gasteiger partial charge < -0.3 is 10.1 Å². The predicted octanol–water partition coefficient (Wildman–Crippen LogP) is 4.07. The van der Waals surface area contributed by atoms with Gasteiger partial charge in [-0.25, -0.2) is 8.42 Å². The van der Waals surface area contributed by atoms with Crippen molar-refractivity contribution in [2.45, 2.75) is 31.3 Å². The van der Waals surface area contributed by atoms with Gasteiger partial charge in [0, 0.05) is 6.54 Å². The molecule has 32 heavy (non-hydrogen) atoms. The normalized spacial score (nSPS) is 12.4. The number of nitrogens with zero attached hydrogens (tertiary/aromatic N) is 1. The fraction of sp³-hybridized carbons (Fsp3) is 0.240. The molecule has 3 aromatic rings. The van der Waals surface area contributed by atoms with Crippen LogP contribution in [0.4, 0.5) is 0 Å². The van der Waals surface area contributed by atoms with Crippen LogP contribution in [0.25, 0.3) is 0 Å². The number of ether oxygens (including phenoxy) is 1. The molecule has 0 unspecified atom stereocenters. The molecule has 0 aliphatic rings. The minimum Gasteiger partial charge on any atom is -0.495 e. The highest BCUT2D eigenvalue weighted by atomic mass is 32.2. The van der Waals surface area contributed by atoms with E-state index in [0.717, 1.165) is 16.7 Å². The van der Waals surface area contributed by atoms with E-state index in [1.807, 2.05) is 74.5 Å². The Balaban J connectivity index is 1.90. The molecule has 0 heterocycles. The van der Waals surface area contributed by atoms with Crippen molar-refractivity contribution in [1.29, 1.82) is 0 Å². The standard InChI is InChI=1S/C25H28N2O4S/c1-19-14-15-23(31-3)24(16-19)32(29,30)27(17-21-10-6-4-7-11-21)18-25(28)26-20(2)22-12-8-5-9-13-22/h4-16,20H,17-18H2,1-3H3,(H,26,28)/t20-/m0/s1. The molecule has 6 nitrogen and oxygen atoms in total. The van der Waals surface area contributed by atoms with Gasteiger partial charge in [0.05, 0.1) is 19.7 Å². The van der Waals surface area contributed by atoms with Crippen LogP contribution in [0.1, 0.15) is 29.7 Å². The average Bonchev–Trinajstić information content (AvgIpc) is 2.79. The molecule has 0 saturated carbocycles. The quantitative estimate of drug-likeness (QED) is 0.531. The molecule has 0 aliphatic heterocycles. The highest BCUT2D eigenvalue weighted by Crippen LogP contribution is 2.28. The second-order valence-electron chi connectivity index (χ2n) is 7.61. The minimum atomic E-state index is -4.01. The Kier molecular flexibility index (Phi) is 7.66. The molecule has 1 N–H and O–H groups in total. The fourth-order valence-electron chi connectivity index (χ4n) is 3.41. The number of hydrogen-bond donors (Lipinski definition) is 1. The predicted molar refractivity (Wildman–Crippen MR) is 125 cm³/mol. The Morgan fingerprint density at radius 1 is 1.00 bits per heavy atom. The second-order valence-corrected chi connectivity index (χ2v) is 9.52. The summed E-state index contributed by atoms with van der Waals surface area (Å²) in [6.07, 6.45) is 0. The van der Waals surface area contributed by atoms with E-state index in [2.05, 4.69) is 5.32 Å². The van der Waals surface area contributed by atoms with Crippen LogP contribution in [0.2, 0.25) is 0 Å². The molecule has 1 amide bonds. The van der Waals surface area contributed by atoms with E-state index < -0.39 is 10.0 Å².